The van der Waals surface area contributed by atoms with Crippen LogP contribution < -0.4 is 5.32 Å². The number of nitrogens with one attached hydrogen (secondary N) is 1. The second kappa shape index (κ2) is 6.25. The standard InChI is InChI=1S/C14H19F2N5O/c1-5-20-10(4)12(9(3)18-20)8(2)17-13(22)11-6-7-21(19-11)14(15)16/h6-8,14H,5H2,1-4H3,(H,17,22). The van der Waals surface area contributed by atoms with E-state index >= 15 is 0 Å². The number of carbonyl (C=O) groups is 1. The van der Waals surface area contributed by atoms with Crippen LogP contribution in [0.2, 0.25) is 0 Å². The van der Waals surface area contributed by atoms with E-state index in [1.807, 2.05) is 32.4 Å². The van der Waals surface area contributed by atoms with Gasteiger partial charge in [0.1, 0.15) is 5.69 Å². The molecule has 8 heteroatoms. The molecular formula is C14H19F2N5O. The molecule has 0 spiro atoms. The summed E-state index contributed by atoms with van der Waals surface area (Å²) in [6, 6.07) is 0.980. The summed E-state index contributed by atoms with van der Waals surface area (Å²) in [5, 5.41) is 10.7. The van der Waals surface area contributed by atoms with Gasteiger partial charge in [-0.1, -0.05) is 0 Å². The first-order chi connectivity index (χ1) is 10.3. The first kappa shape index (κ1) is 16.1. The molecule has 22 heavy (non-hydrogen) atoms. The summed E-state index contributed by atoms with van der Waals surface area (Å²) in [5.41, 5.74) is 2.71. The lowest BCUT2D eigenvalue weighted by molar-refractivity contribution is 0.0559. The van der Waals surface area contributed by atoms with Crippen LogP contribution in [0.1, 0.15) is 53.9 Å². The summed E-state index contributed by atoms with van der Waals surface area (Å²) < 4.78 is 27.3. The molecule has 0 radical (unpaired) electrons. The average Bonchev–Trinajstić information content (AvgIpc) is 3.03. The Labute approximate surface area is 127 Å². The molecule has 0 bridgehead atoms. The van der Waals surface area contributed by atoms with Crippen LogP contribution in [0, 0.1) is 13.8 Å². The maximum atomic E-state index is 12.5. The summed E-state index contributed by atoms with van der Waals surface area (Å²) in [6.45, 7) is 5.62. The van der Waals surface area contributed by atoms with Gasteiger partial charge in [0.05, 0.1) is 11.7 Å². The van der Waals surface area contributed by atoms with Gasteiger partial charge < -0.3 is 5.32 Å². The molecule has 120 valence electrons. The normalized spacial score (nSPS) is 12.7. The Hall–Kier alpha value is -2.25. The second-order valence-electron chi connectivity index (χ2n) is 5.05. The molecule has 2 heterocycles. The Morgan fingerprint density at radius 1 is 1.36 bits per heavy atom. The van der Waals surface area contributed by atoms with Crippen molar-refractivity contribution in [3.8, 4) is 0 Å². The second-order valence-corrected chi connectivity index (χ2v) is 5.05. The minimum Gasteiger partial charge on any atom is -0.344 e. The number of amides is 1. The number of hydrogen-bond donors (Lipinski definition) is 1. The van der Waals surface area contributed by atoms with Crippen LogP contribution in [-0.2, 0) is 6.54 Å². The van der Waals surface area contributed by atoms with Crippen molar-refractivity contribution in [1.29, 1.82) is 0 Å². The molecule has 0 aliphatic heterocycles. The number of alkyl halides is 2. The van der Waals surface area contributed by atoms with E-state index in [0.717, 1.165) is 29.7 Å². The third-order valence-corrected chi connectivity index (χ3v) is 3.56. The minimum absolute atomic E-state index is 0.0367. The van der Waals surface area contributed by atoms with Crippen LogP contribution in [0.15, 0.2) is 12.3 Å². The SMILES string of the molecule is CCn1nc(C)c(C(C)NC(=O)c2ccn(C(F)F)n2)c1C. The number of nitrogens with zero attached hydrogens (tertiary/aromatic N) is 4. The van der Waals surface area contributed by atoms with Crippen LogP contribution in [0.3, 0.4) is 0 Å². The quantitative estimate of drug-likeness (QED) is 0.923. The maximum Gasteiger partial charge on any atom is 0.333 e. The maximum absolute atomic E-state index is 12.5. The van der Waals surface area contributed by atoms with Crippen molar-refractivity contribution in [2.75, 3.05) is 0 Å². The van der Waals surface area contributed by atoms with Crippen molar-refractivity contribution in [2.45, 2.75) is 46.8 Å². The van der Waals surface area contributed by atoms with Crippen molar-refractivity contribution in [3.05, 3.63) is 34.9 Å². The topological polar surface area (TPSA) is 64.7 Å². The Bertz CT molecular complexity index is 677. The van der Waals surface area contributed by atoms with Gasteiger partial charge in [0.15, 0.2) is 0 Å². The van der Waals surface area contributed by atoms with Crippen molar-refractivity contribution < 1.29 is 13.6 Å². The van der Waals surface area contributed by atoms with Gasteiger partial charge in [0.25, 0.3) is 5.91 Å². The molecular weight excluding hydrogens is 292 g/mol. The van der Waals surface area contributed by atoms with E-state index in [1.165, 1.54) is 6.07 Å². The van der Waals surface area contributed by atoms with E-state index in [1.54, 1.807) is 0 Å². The van der Waals surface area contributed by atoms with Crippen molar-refractivity contribution in [1.82, 2.24) is 24.9 Å². The largest absolute Gasteiger partial charge is 0.344 e. The van der Waals surface area contributed by atoms with E-state index in [-0.39, 0.29) is 11.7 Å². The molecule has 1 unspecified atom stereocenters. The first-order valence-electron chi connectivity index (χ1n) is 7.03. The van der Waals surface area contributed by atoms with Crippen LogP contribution in [0.5, 0.6) is 0 Å². The predicted molar refractivity (Wildman–Crippen MR) is 76.7 cm³/mol. The van der Waals surface area contributed by atoms with E-state index in [0.29, 0.717) is 4.68 Å². The van der Waals surface area contributed by atoms with Crippen molar-refractivity contribution in [3.63, 3.8) is 0 Å². The Morgan fingerprint density at radius 2 is 2.05 bits per heavy atom. The molecule has 0 saturated carbocycles. The van der Waals surface area contributed by atoms with Gasteiger partial charge in [-0.15, -0.1) is 0 Å². The molecule has 0 aliphatic carbocycles. The highest BCUT2D eigenvalue weighted by Crippen LogP contribution is 2.21. The van der Waals surface area contributed by atoms with E-state index < -0.39 is 12.5 Å². The highest BCUT2D eigenvalue weighted by Gasteiger charge is 2.21. The predicted octanol–water partition coefficient (Wildman–Crippen LogP) is 2.60. The van der Waals surface area contributed by atoms with E-state index in [4.69, 9.17) is 0 Å². The molecule has 0 aromatic carbocycles. The van der Waals surface area contributed by atoms with Crippen LogP contribution >= 0.6 is 0 Å². The third kappa shape index (κ3) is 3.00. The fourth-order valence-corrected chi connectivity index (χ4v) is 2.56. The third-order valence-electron chi connectivity index (χ3n) is 3.56. The number of aryl methyl sites for hydroxylation is 2. The van der Waals surface area contributed by atoms with Gasteiger partial charge in [-0.3, -0.25) is 9.48 Å². The molecule has 6 nitrogen and oxygen atoms in total. The number of aromatic nitrogens is 4. The number of hydrogen-bond acceptors (Lipinski definition) is 3. The number of rotatable bonds is 5. The molecule has 2 rings (SSSR count). The zero-order chi connectivity index (χ0) is 16.4. The first-order valence-corrected chi connectivity index (χ1v) is 7.03. The van der Waals surface area contributed by atoms with Gasteiger partial charge in [0, 0.05) is 24.0 Å². The summed E-state index contributed by atoms with van der Waals surface area (Å²) in [4.78, 5) is 12.1. The number of halogens is 2. The number of carbonyl (C=O) groups excluding carboxylic acids is 1. The van der Waals surface area contributed by atoms with E-state index in [2.05, 4.69) is 15.5 Å². The molecule has 0 saturated heterocycles. The highest BCUT2D eigenvalue weighted by molar-refractivity contribution is 5.92. The summed E-state index contributed by atoms with van der Waals surface area (Å²) >= 11 is 0. The van der Waals surface area contributed by atoms with Crippen molar-refractivity contribution in [2.24, 2.45) is 0 Å². The van der Waals surface area contributed by atoms with Gasteiger partial charge in [-0.05, 0) is 33.8 Å². The lowest BCUT2D eigenvalue weighted by atomic mass is 10.1. The van der Waals surface area contributed by atoms with Gasteiger partial charge in [-0.2, -0.15) is 19.0 Å². The Kier molecular flexibility index (Phi) is 4.58. The monoisotopic (exact) mass is 311 g/mol. The molecule has 2 aromatic rings. The zero-order valence-corrected chi connectivity index (χ0v) is 13.0. The van der Waals surface area contributed by atoms with Gasteiger partial charge in [0.2, 0.25) is 0 Å². The fourth-order valence-electron chi connectivity index (χ4n) is 2.56. The zero-order valence-electron chi connectivity index (χ0n) is 13.0. The Morgan fingerprint density at radius 3 is 2.55 bits per heavy atom. The smallest absolute Gasteiger partial charge is 0.333 e. The van der Waals surface area contributed by atoms with Crippen molar-refractivity contribution >= 4 is 5.91 Å². The highest BCUT2D eigenvalue weighted by atomic mass is 19.3. The molecule has 2 aromatic heterocycles. The summed E-state index contributed by atoms with van der Waals surface area (Å²) in [7, 11) is 0. The summed E-state index contributed by atoms with van der Waals surface area (Å²) in [6.07, 6.45) is 1.08. The molecule has 1 N–H and O–H groups in total. The lowest BCUT2D eigenvalue weighted by Crippen LogP contribution is -2.28. The molecule has 0 fully saturated rings. The average molecular weight is 311 g/mol. The molecule has 1 atom stereocenters. The molecule has 0 aliphatic rings. The summed E-state index contributed by atoms with van der Waals surface area (Å²) in [5.74, 6) is -0.491. The molecule has 1 amide bonds. The van der Waals surface area contributed by atoms with Gasteiger partial charge in [-0.25, -0.2) is 4.68 Å². The minimum atomic E-state index is -2.76. The van der Waals surface area contributed by atoms with Crippen LogP contribution in [0.4, 0.5) is 8.78 Å². The van der Waals surface area contributed by atoms with Gasteiger partial charge >= 0.3 is 6.55 Å². The van der Waals surface area contributed by atoms with Crippen LogP contribution in [-0.4, -0.2) is 25.5 Å². The lowest BCUT2D eigenvalue weighted by Gasteiger charge is -2.14. The van der Waals surface area contributed by atoms with Crippen LogP contribution in [0.25, 0.3) is 0 Å². The Balaban J connectivity index is 2.16. The fraction of sp³-hybridized carbons (Fsp3) is 0.500. The van der Waals surface area contributed by atoms with E-state index in [9.17, 15) is 13.6 Å².